The molecule has 3 rings (SSSR count). The molecular weight excluding hydrogens is 302 g/mol. The smallest absolute Gasteiger partial charge is 0.231 e. The molecule has 1 heterocycles. The summed E-state index contributed by atoms with van der Waals surface area (Å²) in [7, 11) is 0. The minimum absolute atomic E-state index is 0.160. The largest absolute Gasteiger partial charge is 0.449 e. The molecule has 0 spiro atoms. The SMILES string of the molecule is O=C(c1ccc(C(=O)c2ccccc2F)o1)c1ccccc1F. The molecule has 0 aliphatic rings. The van der Waals surface area contributed by atoms with Gasteiger partial charge in [0, 0.05) is 0 Å². The van der Waals surface area contributed by atoms with Gasteiger partial charge in [-0.3, -0.25) is 9.59 Å². The fourth-order valence-corrected chi connectivity index (χ4v) is 2.14. The number of carbonyl (C=O) groups is 2. The number of ketones is 2. The third-order valence-corrected chi connectivity index (χ3v) is 3.29. The maximum absolute atomic E-state index is 13.6. The van der Waals surface area contributed by atoms with E-state index in [2.05, 4.69) is 0 Å². The molecule has 114 valence electrons. The van der Waals surface area contributed by atoms with Gasteiger partial charge in [-0.05, 0) is 36.4 Å². The summed E-state index contributed by atoms with van der Waals surface area (Å²) < 4.78 is 32.5. The molecule has 5 heteroatoms. The van der Waals surface area contributed by atoms with Gasteiger partial charge in [0.2, 0.25) is 11.6 Å². The Labute approximate surface area is 130 Å². The summed E-state index contributed by atoms with van der Waals surface area (Å²) in [6.07, 6.45) is 0. The lowest BCUT2D eigenvalue weighted by Crippen LogP contribution is -2.04. The Morgan fingerprint density at radius 3 is 1.43 bits per heavy atom. The topological polar surface area (TPSA) is 47.3 Å². The normalized spacial score (nSPS) is 10.5. The number of carbonyl (C=O) groups excluding carboxylic acids is 2. The lowest BCUT2D eigenvalue weighted by molar-refractivity contribution is 0.0983. The first kappa shape index (κ1) is 14.8. The predicted octanol–water partition coefficient (Wildman–Crippen LogP) is 4.02. The summed E-state index contributed by atoms with van der Waals surface area (Å²) in [4.78, 5) is 24.4. The molecule has 3 nitrogen and oxygen atoms in total. The quantitative estimate of drug-likeness (QED) is 0.684. The molecular formula is C18H10F2O3. The van der Waals surface area contributed by atoms with Crippen LogP contribution in [0.2, 0.25) is 0 Å². The van der Waals surface area contributed by atoms with E-state index < -0.39 is 23.2 Å². The van der Waals surface area contributed by atoms with Crippen molar-refractivity contribution >= 4 is 11.6 Å². The average Bonchev–Trinajstić information content (AvgIpc) is 3.04. The van der Waals surface area contributed by atoms with Gasteiger partial charge in [-0.1, -0.05) is 24.3 Å². The molecule has 23 heavy (non-hydrogen) atoms. The van der Waals surface area contributed by atoms with Crippen molar-refractivity contribution < 1.29 is 22.8 Å². The van der Waals surface area contributed by atoms with Crippen molar-refractivity contribution in [3.63, 3.8) is 0 Å². The molecule has 0 fully saturated rings. The van der Waals surface area contributed by atoms with Crippen LogP contribution in [0.1, 0.15) is 32.2 Å². The van der Waals surface area contributed by atoms with Crippen LogP contribution in [-0.4, -0.2) is 11.6 Å². The van der Waals surface area contributed by atoms with Crippen LogP contribution in [0.15, 0.2) is 65.1 Å². The van der Waals surface area contributed by atoms with Crippen LogP contribution in [0.3, 0.4) is 0 Å². The number of hydrogen-bond donors (Lipinski definition) is 0. The summed E-state index contributed by atoms with van der Waals surface area (Å²) in [6, 6.07) is 13.4. The third-order valence-electron chi connectivity index (χ3n) is 3.29. The van der Waals surface area contributed by atoms with E-state index in [0.717, 1.165) is 12.1 Å². The van der Waals surface area contributed by atoms with Crippen molar-refractivity contribution in [3.05, 3.63) is 94.9 Å². The molecule has 0 bridgehead atoms. The highest BCUT2D eigenvalue weighted by atomic mass is 19.1. The Hall–Kier alpha value is -3.08. The van der Waals surface area contributed by atoms with Crippen molar-refractivity contribution in [1.29, 1.82) is 0 Å². The molecule has 2 aromatic carbocycles. The van der Waals surface area contributed by atoms with E-state index in [1.807, 2.05) is 0 Å². The second-order valence-corrected chi connectivity index (χ2v) is 4.78. The number of benzene rings is 2. The van der Waals surface area contributed by atoms with Gasteiger partial charge in [-0.25, -0.2) is 8.78 Å². The first-order chi connectivity index (χ1) is 11.1. The zero-order chi connectivity index (χ0) is 16.4. The van der Waals surface area contributed by atoms with Crippen molar-refractivity contribution in [3.8, 4) is 0 Å². The molecule has 0 atom stereocenters. The first-order valence-electron chi connectivity index (χ1n) is 6.76. The van der Waals surface area contributed by atoms with Gasteiger partial charge in [-0.2, -0.15) is 0 Å². The Balaban J connectivity index is 1.92. The summed E-state index contributed by atoms with van der Waals surface area (Å²) in [5.74, 6) is -3.11. The lowest BCUT2D eigenvalue weighted by Gasteiger charge is -2.00. The number of furan rings is 1. The maximum atomic E-state index is 13.6. The van der Waals surface area contributed by atoms with E-state index in [1.165, 1.54) is 48.5 Å². The predicted molar refractivity (Wildman–Crippen MR) is 78.4 cm³/mol. The standard InChI is InChI=1S/C18H10F2O3/c19-13-7-3-1-5-11(13)17(21)15-9-10-16(23-15)18(22)12-6-2-4-8-14(12)20/h1-10H. The second kappa shape index (κ2) is 5.96. The van der Waals surface area contributed by atoms with Gasteiger partial charge >= 0.3 is 0 Å². The molecule has 0 radical (unpaired) electrons. The summed E-state index contributed by atoms with van der Waals surface area (Å²) >= 11 is 0. The Morgan fingerprint density at radius 1 is 0.652 bits per heavy atom. The van der Waals surface area contributed by atoms with Gasteiger partial charge in [0.25, 0.3) is 0 Å². The fourth-order valence-electron chi connectivity index (χ4n) is 2.14. The van der Waals surface area contributed by atoms with Crippen LogP contribution in [0.25, 0.3) is 0 Å². The van der Waals surface area contributed by atoms with Crippen LogP contribution in [0.5, 0.6) is 0 Å². The van der Waals surface area contributed by atoms with Crippen LogP contribution < -0.4 is 0 Å². The van der Waals surface area contributed by atoms with E-state index in [4.69, 9.17) is 4.42 Å². The number of rotatable bonds is 4. The molecule has 0 amide bonds. The average molecular weight is 312 g/mol. The molecule has 0 aliphatic carbocycles. The zero-order valence-electron chi connectivity index (χ0n) is 11.8. The third kappa shape index (κ3) is 2.81. The van der Waals surface area contributed by atoms with Crippen molar-refractivity contribution in [2.24, 2.45) is 0 Å². The van der Waals surface area contributed by atoms with Gasteiger partial charge in [0.15, 0.2) is 11.5 Å². The Bertz CT molecular complexity index is 825. The molecule has 0 saturated carbocycles. The van der Waals surface area contributed by atoms with Crippen LogP contribution in [-0.2, 0) is 0 Å². The highest BCUT2D eigenvalue weighted by Gasteiger charge is 2.21. The monoisotopic (exact) mass is 312 g/mol. The zero-order valence-corrected chi connectivity index (χ0v) is 11.8. The minimum atomic E-state index is -0.685. The minimum Gasteiger partial charge on any atom is -0.449 e. The van der Waals surface area contributed by atoms with E-state index >= 15 is 0 Å². The van der Waals surface area contributed by atoms with E-state index in [0.29, 0.717) is 0 Å². The van der Waals surface area contributed by atoms with E-state index in [-0.39, 0.29) is 22.6 Å². The molecule has 0 saturated heterocycles. The lowest BCUT2D eigenvalue weighted by atomic mass is 10.1. The second-order valence-electron chi connectivity index (χ2n) is 4.78. The fraction of sp³-hybridized carbons (Fsp3) is 0. The molecule has 1 aromatic heterocycles. The highest BCUT2D eigenvalue weighted by molar-refractivity contribution is 6.10. The van der Waals surface area contributed by atoms with Crippen LogP contribution in [0.4, 0.5) is 8.78 Å². The van der Waals surface area contributed by atoms with Gasteiger partial charge in [-0.15, -0.1) is 0 Å². The van der Waals surface area contributed by atoms with Crippen molar-refractivity contribution in [2.75, 3.05) is 0 Å². The summed E-state index contributed by atoms with van der Waals surface area (Å²) in [5, 5.41) is 0. The number of hydrogen-bond acceptors (Lipinski definition) is 3. The molecule has 3 aromatic rings. The highest BCUT2D eigenvalue weighted by Crippen LogP contribution is 2.19. The van der Waals surface area contributed by atoms with Crippen molar-refractivity contribution in [1.82, 2.24) is 0 Å². The summed E-state index contributed by atoms with van der Waals surface area (Å²) in [6.45, 7) is 0. The Morgan fingerprint density at radius 2 is 1.04 bits per heavy atom. The number of halogens is 2. The van der Waals surface area contributed by atoms with Crippen LogP contribution >= 0.6 is 0 Å². The molecule has 0 N–H and O–H groups in total. The van der Waals surface area contributed by atoms with Gasteiger partial charge in [0.1, 0.15) is 11.6 Å². The van der Waals surface area contributed by atoms with Crippen LogP contribution in [0, 0.1) is 11.6 Å². The maximum Gasteiger partial charge on any atom is 0.231 e. The van der Waals surface area contributed by atoms with Gasteiger partial charge in [0.05, 0.1) is 11.1 Å². The first-order valence-corrected chi connectivity index (χ1v) is 6.76. The van der Waals surface area contributed by atoms with Crippen molar-refractivity contribution in [2.45, 2.75) is 0 Å². The summed E-state index contributed by atoms with van der Waals surface area (Å²) in [5.41, 5.74) is -0.321. The molecule has 0 aliphatic heterocycles. The Kier molecular flexibility index (Phi) is 3.85. The van der Waals surface area contributed by atoms with E-state index in [9.17, 15) is 18.4 Å². The van der Waals surface area contributed by atoms with E-state index in [1.54, 1.807) is 0 Å². The van der Waals surface area contributed by atoms with Gasteiger partial charge < -0.3 is 4.42 Å². The molecule has 0 unspecified atom stereocenters.